The smallest absolute Gasteiger partial charge is 0.237 e. The summed E-state index contributed by atoms with van der Waals surface area (Å²) in [6.45, 7) is 4.64. The third kappa shape index (κ3) is 3.41. The van der Waals surface area contributed by atoms with Crippen molar-refractivity contribution in [2.75, 3.05) is 11.9 Å². The third-order valence-corrected chi connectivity index (χ3v) is 3.09. The van der Waals surface area contributed by atoms with Crippen molar-refractivity contribution in [3.63, 3.8) is 0 Å². The van der Waals surface area contributed by atoms with E-state index in [2.05, 4.69) is 17.2 Å². The molecule has 0 saturated heterocycles. The van der Waals surface area contributed by atoms with Crippen LogP contribution in [0.4, 0.5) is 5.69 Å². The molecule has 1 aromatic carbocycles. The molecule has 20 heavy (non-hydrogen) atoms. The van der Waals surface area contributed by atoms with Crippen LogP contribution in [0.15, 0.2) is 42.6 Å². The molecule has 0 radical (unpaired) electrons. The normalized spacial score (nSPS) is 11.9. The van der Waals surface area contributed by atoms with Crippen molar-refractivity contribution in [3.8, 4) is 11.6 Å². The second-order valence-electron chi connectivity index (χ2n) is 4.49. The molecule has 106 valence electrons. The Labute approximate surface area is 119 Å². The van der Waals surface area contributed by atoms with E-state index in [1.807, 2.05) is 31.2 Å². The molecule has 1 heterocycles. The number of aromatic hydroxyl groups is 1. The fourth-order valence-electron chi connectivity index (χ4n) is 2.07. The van der Waals surface area contributed by atoms with Gasteiger partial charge in [0.15, 0.2) is 0 Å². The third-order valence-electron chi connectivity index (χ3n) is 3.09. The van der Waals surface area contributed by atoms with E-state index in [-0.39, 0.29) is 11.8 Å². The van der Waals surface area contributed by atoms with E-state index < -0.39 is 0 Å². The molecule has 0 fully saturated rings. The lowest BCUT2D eigenvalue weighted by Gasteiger charge is -2.20. The summed E-state index contributed by atoms with van der Waals surface area (Å²) in [5, 5.41) is 12.8. The van der Waals surface area contributed by atoms with E-state index in [0.29, 0.717) is 12.5 Å². The zero-order valence-corrected chi connectivity index (χ0v) is 11.8. The summed E-state index contributed by atoms with van der Waals surface area (Å²) in [7, 11) is 0. The van der Waals surface area contributed by atoms with E-state index in [1.165, 1.54) is 0 Å². The van der Waals surface area contributed by atoms with Gasteiger partial charge in [0.05, 0.1) is 18.3 Å². The van der Waals surface area contributed by atoms with Gasteiger partial charge >= 0.3 is 0 Å². The molecule has 4 heteroatoms. The Morgan fingerprint density at radius 2 is 1.95 bits per heavy atom. The monoisotopic (exact) mass is 272 g/mol. The number of nitrogens with zero attached hydrogens (tertiary/aromatic N) is 1. The van der Waals surface area contributed by atoms with Gasteiger partial charge in [-0.15, -0.1) is 0 Å². The number of nitrogens with one attached hydrogen (secondary N) is 1. The van der Waals surface area contributed by atoms with Crippen molar-refractivity contribution in [2.24, 2.45) is 0 Å². The molecule has 1 unspecified atom stereocenters. The summed E-state index contributed by atoms with van der Waals surface area (Å²) in [6.07, 6.45) is 2.64. The van der Waals surface area contributed by atoms with E-state index in [9.17, 15) is 5.11 Å². The van der Waals surface area contributed by atoms with Crippen LogP contribution < -0.4 is 10.1 Å². The number of benzene rings is 1. The Hall–Kier alpha value is -2.23. The van der Waals surface area contributed by atoms with Crippen molar-refractivity contribution in [3.05, 3.63) is 48.2 Å². The molecule has 4 nitrogen and oxygen atoms in total. The number of anilines is 1. The molecular formula is C16H20N2O2. The highest BCUT2D eigenvalue weighted by Gasteiger charge is 2.12. The average Bonchev–Trinajstić information content (AvgIpc) is 2.48. The van der Waals surface area contributed by atoms with Crippen LogP contribution in [0.3, 0.4) is 0 Å². The Bertz CT molecular complexity index is 540. The number of pyridine rings is 1. The number of phenolic OH excluding ortho intramolecular Hbond substituents is 1. The minimum absolute atomic E-state index is 0.152. The first-order valence-electron chi connectivity index (χ1n) is 6.87. The summed E-state index contributed by atoms with van der Waals surface area (Å²) >= 11 is 0. The maximum Gasteiger partial charge on any atom is 0.237 e. The van der Waals surface area contributed by atoms with Crippen molar-refractivity contribution >= 4 is 5.69 Å². The summed E-state index contributed by atoms with van der Waals surface area (Å²) in [5.41, 5.74) is 2.01. The summed E-state index contributed by atoms with van der Waals surface area (Å²) < 4.78 is 5.52. The SMILES string of the molecule is CCOc1ncccc1NC(CC)c1ccc(O)cc1. The molecule has 2 rings (SSSR count). The highest BCUT2D eigenvalue weighted by Crippen LogP contribution is 2.28. The maximum absolute atomic E-state index is 9.36. The standard InChI is InChI=1S/C16H20N2O2/c1-3-14(12-7-9-13(19)10-8-12)18-15-6-5-11-17-16(15)20-4-2/h5-11,14,18-19H,3-4H2,1-2H3. The minimum Gasteiger partial charge on any atom is -0.508 e. The number of rotatable bonds is 6. The molecular weight excluding hydrogens is 252 g/mol. The molecule has 0 saturated carbocycles. The Morgan fingerprint density at radius 3 is 2.60 bits per heavy atom. The van der Waals surface area contributed by atoms with Gasteiger partial charge in [0, 0.05) is 6.20 Å². The van der Waals surface area contributed by atoms with Crippen LogP contribution in [0.25, 0.3) is 0 Å². The molecule has 0 bridgehead atoms. The molecule has 0 amide bonds. The first-order chi connectivity index (χ1) is 9.74. The van der Waals surface area contributed by atoms with Gasteiger partial charge in [-0.3, -0.25) is 0 Å². The van der Waals surface area contributed by atoms with E-state index in [1.54, 1.807) is 18.3 Å². The van der Waals surface area contributed by atoms with Gasteiger partial charge in [-0.2, -0.15) is 0 Å². The predicted molar refractivity (Wildman–Crippen MR) is 80.2 cm³/mol. The van der Waals surface area contributed by atoms with E-state index in [0.717, 1.165) is 17.7 Å². The second kappa shape index (κ2) is 6.80. The van der Waals surface area contributed by atoms with Gasteiger partial charge in [-0.25, -0.2) is 4.98 Å². The highest BCUT2D eigenvalue weighted by atomic mass is 16.5. The average molecular weight is 272 g/mol. The maximum atomic E-state index is 9.36. The lowest BCUT2D eigenvalue weighted by atomic mass is 10.0. The van der Waals surface area contributed by atoms with Gasteiger partial charge in [-0.05, 0) is 43.2 Å². The van der Waals surface area contributed by atoms with E-state index in [4.69, 9.17) is 4.74 Å². The number of hydrogen-bond acceptors (Lipinski definition) is 4. The lowest BCUT2D eigenvalue weighted by Crippen LogP contribution is -2.11. The van der Waals surface area contributed by atoms with Crippen LogP contribution in [0, 0.1) is 0 Å². The van der Waals surface area contributed by atoms with Crippen molar-refractivity contribution in [1.82, 2.24) is 4.98 Å². The highest BCUT2D eigenvalue weighted by molar-refractivity contribution is 5.53. The van der Waals surface area contributed by atoms with E-state index >= 15 is 0 Å². The lowest BCUT2D eigenvalue weighted by molar-refractivity contribution is 0.328. The molecule has 0 aliphatic rings. The Balaban J connectivity index is 2.20. The minimum atomic E-state index is 0.152. The van der Waals surface area contributed by atoms with Gasteiger partial charge in [0.1, 0.15) is 5.75 Å². The second-order valence-corrected chi connectivity index (χ2v) is 4.49. The fraction of sp³-hybridized carbons (Fsp3) is 0.312. The van der Waals surface area contributed by atoms with Crippen LogP contribution in [-0.2, 0) is 0 Å². The van der Waals surface area contributed by atoms with Gasteiger partial charge in [-0.1, -0.05) is 19.1 Å². The van der Waals surface area contributed by atoms with Crippen molar-refractivity contribution < 1.29 is 9.84 Å². The molecule has 0 aliphatic heterocycles. The first kappa shape index (κ1) is 14.2. The quantitative estimate of drug-likeness (QED) is 0.841. The molecule has 2 aromatic rings. The molecule has 1 atom stereocenters. The Kier molecular flexibility index (Phi) is 4.82. The molecule has 2 N–H and O–H groups in total. The molecule has 1 aromatic heterocycles. The number of ether oxygens (including phenoxy) is 1. The van der Waals surface area contributed by atoms with Crippen molar-refractivity contribution in [1.29, 1.82) is 0 Å². The zero-order chi connectivity index (χ0) is 14.4. The van der Waals surface area contributed by atoms with Gasteiger partial charge < -0.3 is 15.2 Å². The van der Waals surface area contributed by atoms with Crippen LogP contribution in [-0.4, -0.2) is 16.7 Å². The van der Waals surface area contributed by atoms with Crippen molar-refractivity contribution in [2.45, 2.75) is 26.3 Å². The first-order valence-corrected chi connectivity index (χ1v) is 6.87. The predicted octanol–water partition coefficient (Wildman–Crippen LogP) is 3.75. The molecule has 0 spiro atoms. The van der Waals surface area contributed by atoms with Crippen LogP contribution in [0.5, 0.6) is 11.6 Å². The summed E-state index contributed by atoms with van der Waals surface area (Å²) in [4.78, 5) is 4.24. The topological polar surface area (TPSA) is 54.4 Å². The summed E-state index contributed by atoms with van der Waals surface area (Å²) in [5.74, 6) is 0.896. The largest absolute Gasteiger partial charge is 0.508 e. The van der Waals surface area contributed by atoms with Crippen LogP contribution in [0.1, 0.15) is 31.9 Å². The number of hydrogen-bond donors (Lipinski definition) is 2. The van der Waals surface area contributed by atoms with Crippen LogP contribution >= 0.6 is 0 Å². The van der Waals surface area contributed by atoms with Gasteiger partial charge in [0.25, 0.3) is 0 Å². The summed E-state index contributed by atoms with van der Waals surface area (Å²) in [6, 6.07) is 11.2. The van der Waals surface area contributed by atoms with Crippen LogP contribution in [0.2, 0.25) is 0 Å². The zero-order valence-electron chi connectivity index (χ0n) is 11.8. The number of aromatic nitrogens is 1. The number of phenols is 1. The Morgan fingerprint density at radius 1 is 1.20 bits per heavy atom. The molecule has 0 aliphatic carbocycles. The van der Waals surface area contributed by atoms with Gasteiger partial charge in [0.2, 0.25) is 5.88 Å². The fourth-order valence-corrected chi connectivity index (χ4v) is 2.07.